The van der Waals surface area contributed by atoms with Crippen molar-refractivity contribution in [1.29, 1.82) is 0 Å². The second-order valence-electron chi connectivity index (χ2n) is 5.70. The van der Waals surface area contributed by atoms with Crippen molar-refractivity contribution in [3.8, 4) is 0 Å². The van der Waals surface area contributed by atoms with Crippen LogP contribution in [0.1, 0.15) is 23.1 Å². The molecule has 1 aromatic carbocycles. The molecule has 0 saturated carbocycles. The van der Waals surface area contributed by atoms with Crippen molar-refractivity contribution in [2.75, 3.05) is 38.0 Å². The van der Waals surface area contributed by atoms with Gasteiger partial charge in [0.2, 0.25) is 5.91 Å². The molecular weight excluding hydrogens is 286 g/mol. The zero-order chi connectivity index (χ0) is 14.5. The number of carbonyl (C=O) groups excluding carboxylic acids is 1. The van der Waals surface area contributed by atoms with Crippen molar-refractivity contribution in [2.24, 2.45) is 0 Å². The smallest absolute Gasteiger partial charge is 0.238 e. The number of hydrogen-bond donors (Lipinski definition) is 2. The molecule has 0 aromatic heterocycles. The van der Waals surface area contributed by atoms with Crippen molar-refractivity contribution >= 4 is 24.0 Å². The van der Waals surface area contributed by atoms with Crippen molar-refractivity contribution in [3.05, 3.63) is 28.8 Å². The average molecular weight is 312 g/mol. The minimum Gasteiger partial charge on any atom is -0.324 e. The second kappa shape index (κ2) is 8.37. The Morgan fingerprint density at radius 2 is 1.86 bits per heavy atom. The number of halogens is 1. The number of nitrogens with one attached hydrogen (secondary N) is 2. The predicted octanol–water partition coefficient (Wildman–Crippen LogP) is 2.27. The van der Waals surface area contributed by atoms with Crippen LogP contribution >= 0.6 is 12.4 Å². The first-order valence-corrected chi connectivity index (χ1v) is 7.37. The summed E-state index contributed by atoms with van der Waals surface area (Å²) in [4.78, 5) is 14.4. The van der Waals surface area contributed by atoms with E-state index in [2.05, 4.69) is 34.6 Å². The molecule has 21 heavy (non-hydrogen) atoms. The lowest BCUT2D eigenvalue weighted by Crippen LogP contribution is -2.35. The van der Waals surface area contributed by atoms with E-state index >= 15 is 0 Å². The monoisotopic (exact) mass is 311 g/mol. The summed E-state index contributed by atoms with van der Waals surface area (Å²) in [7, 11) is 0. The lowest BCUT2D eigenvalue weighted by Gasteiger charge is -2.20. The van der Waals surface area contributed by atoms with Gasteiger partial charge in [-0.25, -0.2) is 0 Å². The van der Waals surface area contributed by atoms with Gasteiger partial charge in [-0.2, -0.15) is 0 Å². The fourth-order valence-corrected chi connectivity index (χ4v) is 2.82. The summed E-state index contributed by atoms with van der Waals surface area (Å²) in [6, 6.07) is 4.22. The molecule has 1 aromatic rings. The first-order valence-electron chi connectivity index (χ1n) is 7.37. The standard InChI is InChI=1S/C16H25N3O.ClH/c1-12-9-13(2)16(14(3)10-12)18-15(20)11-19-7-4-5-17-6-8-19;/h9-10,17H,4-8,11H2,1-3H3,(H,18,20);1H. The molecule has 5 heteroatoms. The van der Waals surface area contributed by atoms with Crippen LogP contribution in [-0.2, 0) is 4.79 Å². The van der Waals surface area contributed by atoms with Gasteiger partial charge in [-0.3, -0.25) is 9.69 Å². The molecule has 0 spiro atoms. The SMILES string of the molecule is Cc1cc(C)c(NC(=O)CN2CCCNCC2)c(C)c1.Cl. The number of benzene rings is 1. The van der Waals surface area contributed by atoms with Gasteiger partial charge in [0, 0.05) is 18.8 Å². The van der Waals surface area contributed by atoms with Gasteiger partial charge in [0.25, 0.3) is 0 Å². The van der Waals surface area contributed by atoms with Crippen LogP contribution in [0.3, 0.4) is 0 Å². The van der Waals surface area contributed by atoms with Crippen LogP contribution in [-0.4, -0.2) is 43.5 Å². The van der Waals surface area contributed by atoms with Gasteiger partial charge >= 0.3 is 0 Å². The molecule has 1 heterocycles. The van der Waals surface area contributed by atoms with E-state index in [0.29, 0.717) is 6.54 Å². The van der Waals surface area contributed by atoms with Gasteiger partial charge in [0.1, 0.15) is 0 Å². The minimum absolute atomic E-state index is 0. The Hall–Kier alpha value is -1.10. The van der Waals surface area contributed by atoms with E-state index < -0.39 is 0 Å². The van der Waals surface area contributed by atoms with Crippen molar-refractivity contribution in [2.45, 2.75) is 27.2 Å². The molecule has 1 aliphatic rings. The van der Waals surface area contributed by atoms with E-state index in [1.165, 1.54) is 5.56 Å². The Morgan fingerprint density at radius 3 is 2.52 bits per heavy atom. The quantitative estimate of drug-likeness (QED) is 0.900. The molecule has 0 atom stereocenters. The fourth-order valence-electron chi connectivity index (χ4n) is 2.82. The van der Waals surface area contributed by atoms with Gasteiger partial charge in [-0.15, -0.1) is 12.4 Å². The summed E-state index contributed by atoms with van der Waals surface area (Å²) in [6.07, 6.45) is 1.11. The Morgan fingerprint density at radius 1 is 1.19 bits per heavy atom. The van der Waals surface area contributed by atoms with Gasteiger partial charge < -0.3 is 10.6 Å². The third-order valence-corrected chi connectivity index (χ3v) is 3.74. The largest absolute Gasteiger partial charge is 0.324 e. The van der Waals surface area contributed by atoms with Crippen LogP contribution in [0.4, 0.5) is 5.69 Å². The van der Waals surface area contributed by atoms with Crippen molar-refractivity contribution in [3.63, 3.8) is 0 Å². The Kier molecular flexibility index (Phi) is 7.15. The molecule has 1 amide bonds. The summed E-state index contributed by atoms with van der Waals surface area (Å²) in [6.45, 7) is 10.6. The number of anilines is 1. The lowest BCUT2D eigenvalue weighted by molar-refractivity contribution is -0.117. The topological polar surface area (TPSA) is 44.4 Å². The molecule has 1 saturated heterocycles. The zero-order valence-electron chi connectivity index (χ0n) is 13.2. The number of aryl methyl sites for hydroxylation is 3. The maximum Gasteiger partial charge on any atom is 0.238 e. The van der Waals surface area contributed by atoms with Crippen LogP contribution in [0.25, 0.3) is 0 Å². The number of hydrogen-bond acceptors (Lipinski definition) is 3. The van der Waals surface area contributed by atoms with Crippen molar-refractivity contribution in [1.82, 2.24) is 10.2 Å². The first-order chi connectivity index (χ1) is 9.56. The van der Waals surface area contributed by atoms with E-state index in [0.717, 1.165) is 49.4 Å². The van der Waals surface area contributed by atoms with Gasteiger partial charge in [-0.05, 0) is 51.4 Å². The molecule has 4 nitrogen and oxygen atoms in total. The van der Waals surface area contributed by atoms with Crippen LogP contribution in [0, 0.1) is 20.8 Å². The molecule has 0 bridgehead atoms. The highest BCUT2D eigenvalue weighted by Gasteiger charge is 2.14. The number of rotatable bonds is 3. The molecular formula is C16H26ClN3O. The molecule has 2 rings (SSSR count). The summed E-state index contributed by atoms with van der Waals surface area (Å²) in [5.41, 5.74) is 4.46. The van der Waals surface area contributed by atoms with Gasteiger partial charge in [0.15, 0.2) is 0 Å². The Bertz CT molecular complexity index is 459. The number of amides is 1. The summed E-state index contributed by atoms with van der Waals surface area (Å²) in [5.74, 6) is 0.0851. The van der Waals surface area contributed by atoms with E-state index in [1.54, 1.807) is 0 Å². The van der Waals surface area contributed by atoms with E-state index in [9.17, 15) is 4.79 Å². The Labute approximate surface area is 133 Å². The number of nitrogens with zero attached hydrogens (tertiary/aromatic N) is 1. The third-order valence-electron chi connectivity index (χ3n) is 3.74. The van der Waals surface area contributed by atoms with E-state index in [4.69, 9.17) is 0 Å². The molecule has 118 valence electrons. The second-order valence-corrected chi connectivity index (χ2v) is 5.70. The molecule has 0 unspecified atom stereocenters. The van der Waals surface area contributed by atoms with Crippen LogP contribution in [0.5, 0.6) is 0 Å². The molecule has 0 aliphatic carbocycles. The first kappa shape index (κ1) is 18.0. The maximum atomic E-state index is 12.2. The summed E-state index contributed by atoms with van der Waals surface area (Å²) >= 11 is 0. The lowest BCUT2D eigenvalue weighted by atomic mass is 10.1. The highest BCUT2D eigenvalue weighted by atomic mass is 35.5. The molecule has 2 N–H and O–H groups in total. The molecule has 1 aliphatic heterocycles. The predicted molar refractivity (Wildman–Crippen MR) is 90.5 cm³/mol. The highest BCUT2D eigenvalue weighted by Crippen LogP contribution is 2.21. The highest BCUT2D eigenvalue weighted by molar-refractivity contribution is 5.93. The molecule has 0 radical (unpaired) electrons. The number of carbonyl (C=O) groups is 1. The van der Waals surface area contributed by atoms with Gasteiger partial charge in [0.05, 0.1) is 6.54 Å². The normalized spacial score (nSPS) is 16.0. The summed E-state index contributed by atoms with van der Waals surface area (Å²) in [5, 5.41) is 6.42. The third kappa shape index (κ3) is 5.30. The van der Waals surface area contributed by atoms with Crippen LogP contribution in [0.2, 0.25) is 0 Å². The molecule has 1 fully saturated rings. The average Bonchev–Trinajstić information content (AvgIpc) is 2.62. The minimum atomic E-state index is 0. The summed E-state index contributed by atoms with van der Waals surface area (Å²) < 4.78 is 0. The van der Waals surface area contributed by atoms with E-state index in [-0.39, 0.29) is 18.3 Å². The van der Waals surface area contributed by atoms with Crippen molar-refractivity contribution < 1.29 is 4.79 Å². The fraction of sp³-hybridized carbons (Fsp3) is 0.562. The van der Waals surface area contributed by atoms with Crippen LogP contribution < -0.4 is 10.6 Å². The van der Waals surface area contributed by atoms with Crippen LogP contribution in [0.15, 0.2) is 12.1 Å². The van der Waals surface area contributed by atoms with Gasteiger partial charge in [-0.1, -0.05) is 17.7 Å². The van der Waals surface area contributed by atoms with E-state index in [1.807, 2.05) is 13.8 Å². The Balaban J connectivity index is 0.00000220. The maximum absolute atomic E-state index is 12.2. The zero-order valence-corrected chi connectivity index (χ0v) is 14.0.